The average molecular weight is 582 g/mol. The van der Waals surface area contributed by atoms with Crippen LogP contribution in [0.25, 0.3) is 0 Å². The maximum absolute atomic E-state index is 12.9. The van der Waals surface area contributed by atoms with Gasteiger partial charge >= 0.3 is 0 Å². The van der Waals surface area contributed by atoms with Crippen molar-refractivity contribution in [2.75, 3.05) is 29.7 Å². The molecule has 1 saturated heterocycles. The van der Waals surface area contributed by atoms with Gasteiger partial charge in [-0.25, -0.2) is 26.5 Å². The van der Waals surface area contributed by atoms with E-state index in [1.54, 1.807) is 28.6 Å². The van der Waals surface area contributed by atoms with Gasteiger partial charge in [0.1, 0.15) is 5.82 Å². The van der Waals surface area contributed by atoms with Gasteiger partial charge in [0.05, 0.1) is 14.7 Å². The number of nitrogens with zero attached hydrogens (tertiary/aromatic N) is 3. The maximum Gasteiger partial charge on any atom is 0.264 e. The molecule has 2 N–H and O–H groups in total. The normalized spacial score (nSPS) is 14.9. The average Bonchev–Trinajstić information content (AvgIpc) is 2.89. The van der Waals surface area contributed by atoms with Crippen molar-refractivity contribution in [1.82, 2.24) is 14.3 Å². The molecule has 0 unspecified atom stereocenters. The van der Waals surface area contributed by atoms with Crippen LogP contribution in [0.3, 0.4) is 0 Å². The highest BCUT2D eigenvalue weighted by Gasteiger charge is 2.26. The summed E-state index contributed by atoms with van der Waals surface area (Å²) in [5.74, 6) is 0.404. The standard InChI is InChI=1S/C24H28ClN5O4S3/c1-2-14-26-23-22(17-27-24(28-23)29-36(31,32)20-10-6-18(25)7-11-20)35-19-8-12-21(13-9-19)37(33,34)30-15-4-3-5-16-30/h6-13,17H,2-5,14-16H2,1H3,(H2,26,27,28,29). The molecule has 2 heterocycles. The monoisotopic (exact) mass is 581 g/mol. The minimum atomic E-state index is -3.90. The lowest BCUT2D eigenvalue weighted by Crippen LogP contribution is -2.35. The fraction of sp³-hybridized carbons (Fsp3) is 0.333. The molecule has 3 aromatic rings. The minimum absolute atomic E-state index is 0.0432. The minimum Gasteiger partial charge on any atom is -0.369 e. The van der Waals surface area contributed by atoms with E-state index in [4.69, 9.17) is 11.6 Å². The van der Waals surface area contributed by atoms with Crippen LogP contribution >= 0.6 is 23.4 Å². The molecule has 1 fully saturated rings. The molecule has 13 heteroatoms. The Labute approximate surface area is 227 Å². The zero-order valence-electron chi connectivity index (χ0n) is 20.2. The summed E-state index contributed by atoms with van der Waals surface area (Å²) in [5.41, 5.74) is 0. The first kappa shape index (κ1) is 27.6. The van der Waals surface area contributed by atoms with Crippen LogP contribution in [-0.2, 0) is 20.0 Å². The fourth-order valence-corrected chi connectivity index (χ4v) is 7.16. The summed E-state index contributed by atoms with van der Waals surface area (Å²) >= 11 is 7.22. The summed E-state index contributed by atoms with van der Waals surface area (Å²) in [4.78, 5) is 10.4. The molecule has 0 amide bonds. The van der Waals surface area contributed by atoms with Crippen LogP contribution < -0.4 is 10.0 Å². The van der Waals surface area contributed by atoms with Crippen molar-refractivity contribution in [1.29, 1.82) is 0 Å². The van der Waals surface area contributed by atoms with Gasteiger partial charge in [0.25, 0.3) is 10.0 Å². The van der Waals surface area contributed by atoms with Crippen molar-refractivity contribution in [3.8, 4) is 0 Å². The molecule has 4 rings (SSSR count). The molecule has 0 spiro atoms. The van der Waals surface area contributed by atoms with Crippen molar-refractivity contribution in [3.05, 3.63) is 59.8 Å². The van der Waals surface area contributed by atoms with E-state index in [9.17, 15) is 16.8 Å². The van der Waals surface area contributed by atoms with E-state index in [1.165, 1.54) is 42.2 Å². The maximum atomic E-state index is 12.9. The SMILES string of the molecule is CCCNc1nc(NS(=O)(=O)c2ccc(Cl)cc2)ncc1Sc1ccc(S(=O)(=O)N2CCCCC2)cc1. The second-order valence-corrected chi connectivity index (χ2v) is 13.6. The van der Waals surface area contributed by atoms with E-state index in [0.717, 1.165) is 30.6 Å². The van der Waals surface area contributed by atoms with Crippen LogP contribution in [0, 0.1) is 0 Å². The van der Waals surface area contributed by atoms with Gasteiger partial charge in [-0.3, -0.25) is 0 Å². The summed E-state index contributed by atoms with van der Waals surface area (Å²) < 4.78 is 55.3. The lowest BCUT2D eigenvalue weighted by molar-refractivity contribution is 0.346. The molecule has 2 aromatic carbocycles. The van der Waals surface area contributed by atoms with E-state index >= 15 is 0 Å². The third-order valence-electron chi connectivity index (χ3n) is 5.65. The Morgan fingerprint density at radius 3 is 2.24 bits per heavy atom. The van der Waals surface area contributed by atoms with Gasteiger partial charge in [-0.2, -0.15) is 9.29 Å². The summed E-state index contributed by atoms with van der Waals surface area (Å²) in [6.07, 6.45) is 5.19. The van der Waals surface area contributed by atoms with Crippen molar-refractivity contribution in [2.45, 2.75) is 52.2 Å². The highest BCUT2D eigenvalue weighted by atomic mass is 35.5. The zero-order chi connectivity index (χ0) is 26.5. The predicted molar refractivity (Wildman–Crippen MR) is 146 cm³/mol. The van der Waals surface area contributed by atoms with E-state index in [-0.39, 0.29) is 15.7 Å². The lowest BCUT2D eigenvalue weighted by Gasteiger charge is -2.25. The molecule has 9 nitrogen and oxygen atoms in total. The van der Waals surface area contributed by atoms with Gasteiger partial charge in [-0.05, 0) is 67.8 Å². The summed E-state index contributed by atoms with van der Waals surface area (Å²) in [7, 11) is -7.40. The molecule has 0 radical (unpaired) electrons. The van der Waals surface area contributed by atoms with Crippen LogP contribution in [0.2, 0.25) is 5.02 Å². The number of hydrogen-bond donors (Lipinski definition) is 2. The number of anilines is 2. The molecule has 0 atom stereocenters. The predicted octanol–water partition coefficient (Wildman–Crippen LogP) is 5.08. The molecule has 1 aliphatic rings. The smallest absolute Gasteiger partial charge is 0.264 e. The number of benzene rings is 2. The zero-order valence-corrected chi connectivity index (χ0v) is 23.4. The largest absolute Gasteiger partial charge is 0.369 e. The number of hydrogen-bond acceptors (Lipinski definition) is 8. The van der Waals surface area contributed by atoms with Gasteiger partial charge in [0.15, 0.2) is 0 Å². The van der Waals surface area contributed by atoms with Gasteiger partial charge in [-0.15, -0.1) is 0 Å². The van der Waals surface area contributed by atoms with Gasteiger partial charge in [0, 0.05) is 35.7 Å². The quantitative estimate of drug-likeness (QED) is 0.340. The highest BCUT2D eigenvalue weighted by Crippen LogP contribution is 2.34. The first-order chi connectivity index (χ1) is 17.7. The number of nitrogens with one attached hydrogen (secondary N) is 2. The molecule has 37 heavy (non-hydrogen) atoms. The Morgan fingerprint density at radius 2 is 1.59 bits per heavy atom. The van der Waals surface area contributed by atoms with Crippen LogP contribution in [0.15, 0.2) is 74.3 Å². The Morgan fingerprint density at radius 1 is 0.946 bits per heavy atom. The third-order valence-corrected chi connectivity index (χ3v) is 10.2. The van der Waals surface area contributed by atoms with Crippen molar-refractivity contribution >= 4 is 55.2 Å². The number of sulfonamides is 2. The fourth-order valence-electron chi connectivity index (χ4n) is 3.72. The first-order valence-electron chi connectivity index (χ1n) is 11.9. The molecular formula is C24H28ClN5O4S3. The molecule has 0 bridgehead atoms. The summed E-state index contributed by atoms with van der Waals surface area (Å²) in [6, 6.07) is 12.5. The lowest BCUT2D eigenvalue weighted by atomic mass is 10.2. The topological polar surface area (TPSA) is 121 Å². The molecule has 1 aromatic heterocycles. The number of rotatable bonds is 10. The summed E-state index contributed by atoms with van der Waals surface area (Å²) in [5, 5.41) is 3.64. The molecule has 0 saturated carbocycles. The first-order valence-corrected chi connectivity index (χ1v) is 16.0. The van der Waals surface area contributed by atoms with Crippen LogP contribution in [-0.4, -0.2) is 50.7 Å². The van der Waals surface area contributed by atoms with Crippen LogP contribution in [0.5, 0.6) is 0 Å². The second kappa shape index (κ2) is 12.0. The van der Waals surface area contributed by atoms with Gasteiger partial charge in [0.2, 0.25) is 16.0 Å². The van der Waals surface area contributed by atoms with Gasteiger partial charge in [-0.1, -0.05) is 36.7 Å². The number of halogens is 1. The highest BCUT2D eigenvalue weighted by molar-refractivity contribution is 7.99. The van der Waals surface area contributed by atoms with Crippen molar-refractivity contribution in [2.24, 2.45) is 0 Å². The molecular weight excluding hydrogens is 554 g/mol. The number of piperidine rings is 1. The van der Waals surface area contributed by atoms with E-state index in [0.29, 0.717) is 35.4 Å². The molecule has 0 aliphatic carbocycles. The van der Waals surface area contributed by atoms with Crippen LogP contribution in [0.1, 0.15) is 32.6 Å². The van der Waals surface area contributed by atoms with Crippen molar-refractivity contribution < 1.29 is 16.8 Å². The summed E-state index contributed by atoms with van der Waals surface area (Å²) in [6.45, 7) is 3.74. The van der Waals surface area contributed by atoms with E-state index in [1.807, 2.05) is 6.92 Å². The Kier molecular flexibility index (Phi) is 8.96. The van der Waals surface area contributed by atoms with Crippen molar-refractivity contribution in [3.63, 3.8) is 0 Å². The Hall–Kier alpha value is -2.38. The molecule has 198 valence electrons. The number of aromatic nitrogens is 2. The van der Waals surface area contributed by atoms with E-state index < -0.39 is 20.0 Å². The Bertz CT molecular complexity index is 1430. The van der Waals surface area contributed by atoms with E-state index in [2.05, 4.69) is 20.0 Å². The van der Waals surface area contributed by atoms with Crippen LogP contribution in [0.4, 0.5) is 11.8 Å². The van der Waals surface area contributed by atoms with Gasteiger partial charge < -0.3 is 5.32 Å². The Balaban J connectivity index is 1.53. The second-order valence-electron chi connectivity index (χ2n) is 8.43. The molecule has 1 aliphatic heterocycles. The third kappa shape index (κ3) is 6.94.